The molecule has 0 saturated heterocycles. The number of aromatic nitrogens is 4. The van der Waals surface area contributed by atoms with Crippen LogP contribution < -0.4 is 21.5 Å². The largest absolute Gasteiger partial charge is 0.381 e. The van der Waals surface area contributed by atoms with E-state index in [1.54, 1.807) is 47.6 Å². The highest BCUT2D eigenvalue weighted by Gasteiger charge is 2.31. The summed E-state index contributed by atoms with van der Waals surface area (Å²) in [4.78, 5) is 30.5. The number of methoxy groups -OCH3 is 1. The molecule has 2 aliphatic rings. The third kappa shape index (κ3) is 4.60. The Labute approximate surface area is 201 Å². The van der Waals surface area contributed by atoms with Crippen molar-refractivity contribution in [2.45, 2.75) is 50.4 Å². The number of halogens is 1. The molecule has 2 fully saturated rings. The molecule has 1 amide bonds. The lowest BCUT2D eigenvalue weighted by atomic mass is 9.90. The molecular weight excluding hydrogens is 453 g/mol. The number of amides is 1. The van der Waals surface area contributed by atoms with Gasteiger partial charge in [-0.15, -0.1) is 0 Å². The first-order valence-corrected chi connectivity index (χ1v) is 12.0. The Morgan fingerprint density at radius 1 is 1.29 bits per heavy atom. The molecular formula is C24H30FN7O3. The number of hydrogen-bond acceptors (Lipinski definition) is 7. The summed E-state index contributed by atoms with van der Waals surface area (Å²) < 4.78 is 21.8. The lowest BCUT2D eigenvalue weighted by Gasteiger charge is -2.31. The Morgan fingerprint density at radius 2 is 2.11 bits per heavy atom. The van der Waals surface area contributed by atoms with Gasteiger partial charge in [0.25, 0.3) is 11.5 Å². The van der Waals surface area contributed by atoms with E-state index in [0.29, 0.717) is 53.8 Å². The summed E-state index contributed by atoms with van der Waals surface area (Å²) in [6.45, 7) is 0.567. The molecule has 0 spiro atoms. The maximum Gasteiger partial charge on any atom is 0.274 e. The van der Waals surface area contributed by atoms with Gasteiger partial charge >= 0.3 is 0 Å². The number of carbonyl (C=O) groups excluding carboxylic acids is 1. The highest BCUT2D eigenvalue weighted by Crippen LogP contribution is 2.33. The zero-order chi connectivity index (χ0) is 24.5. The number of nitrogens with zero attached hydrogens (tertiary/aromatic N) is 4. The fraction of sp³-hybridized carbons (Fsp3) is 0.500. The van der Waals surface area contributed by atoms with Crippen molar-refractivity contribution >= 4 is 28.9 Å². The number of ether oxygens (including phenoxy) is 1. The fourth-order valence-electron chi connectivity index (χ4n) is 4.91. The molecule has 2 saturated carbocycles. The van der Waals surface area contributed by atoms with Gasteiger partial charge in [-0.3, -0.25) is 9.59 Å². The molecule has 186 valence electrons. The Bertz CT molecular complexity index is 1280. The summed E-state index contributed by atoms with van der Waals surface area (Å²) in [6.07, 6.45) is 6.23. The van der Waals surface area contributed by atoms with Crippen LogP contribution >= 0.6 is 0 Å². The van der Waals surface area contributed by atoms with Crippen molar-refractivity contribution in [2.24, 2.45) is 5.92 Å². The van der Waals surface area contributed by atoms with Gasteiger partial charge in [-0.25, -0.2) is 9.37 Å². The van der Waals surface area contributed by atoms with Crippen LogP contribution in [0, 0.1) is 5.92 Å². The molecule has 10 nitrogen and oxygen atoms in total. The summed E-state index contributed by atoms with van der Waals surface area (Å²) in [5, 5.41) is 13.5. The van der Waals surface area contributed by atoms with E-state index in [2.05, 4.69) is 26.0 Å². The maximum absolute atomic E-state index is 13.3. The third-order valence-electron chi connectivity index (χ3n) is 7.04. The number of pyridine rings is 1. The summed E-state index contributed by atoms with van der Waals surface area (Å²) in [5.74, 6) is 1.13. The smallest absolute Gasteiger partial charge is 0.274 e. The quantitative estimate of drug-likeness (QED) is 0.451. The van der Waals surface area contributed by atoms with Crippen LogP contribution in [0.15, 0.2) is 35.4 Å². The van der Waals surface area contributed by atoms with Crippen molar-refractivity contribution in [3.05, 3.63) is 46.5 Å². The molecule has 11 heteroatoms. The van der Waals surface area contributed by atoms with Gasteiger partial charge in [-0.1, -0.05) is 0 Å². The van der Waals surface area contributed by atoms with Crippen molar-refractivity contribution in [2.75, 3.05) is 31.3 Å². The van der Waals surface area contributed by atoms with Gasteiger partial charge < -0.3 is 25.3 Å². The van der Waals surface area contributed by atoms with Crippen LogP contribution in [0.2, 0.25) is 0 Å². The second-order valence-electron chi connectivity index (χ2n) is 9.30. The maximum atomic E-state index is 13.3. The van der Waals surface area contributed by atoms with Crippen LogP contribution in [0.5, 0.6) is 0 Å². The van der Waals surface area contributed by atoms with Gasteiger partial charge in [0, 0.05) is 39.0 Å². The van der Waals surface area contributed by atoms with Gasteiger partial charge in [0.2, 0.25) is 0 Å². The third-order valence-corrected chi connectivity index (χ3v) is 7.04. The van der Waals surface area contributed by atoms with Crippen LogP contribution in [0.3, 0.4) is 0 Å². The van der Waals surface area contributed by atoms with E-state index in [4.69, 9.17) is 4.74 Å². The minimum atomic E-state index is -0.854. The Hall–Kier alpha value is -3.47. The van der Waals surface area contributed by atoms with E-state index in [9.17, 15) is 14.0 Å². The zero-order valence-electron chi connectivity index (χ0n) is 19.8. The Morgan fingerprint density at radius 3 is 2.83 bits per heavy atom. The van der Waals surface area contributed by atoms with E-state index in [1.165, 1.54) is 6.20 Å². The SMILES string of the molecule is CNc1cc(Nc2cccn([C@H]3C[C@H](F)C3)c2=O)nc2c(C(=O)NC[C@@H]3CC[C@@H](OC)C3)cnn12. The number of hydrogen-bond donors (Lipinski definition) is 3. The molecule has 3 N–H and O–H groups in total. The Balaban J connectivity index is 1.38. The van der Waals surface area contributed by atoms with Crippen molar-refractivity contribution in [3.63, 3.8) is 0 Å². The molecule has 0 unspecified atom stereocenters. The topological polar surface area (TPSA) is 115 Å². The lowest BCUT2D eigenvalue weighted by molar-refractivity contribution is 0.0935. The highest BCUT2D eigenvalue weighted by atomic mass is 19.1. The van der Waals surface area contributed by atoms with Gasteiger partial charge in [-0.05, 0) is 50.2 Å². The van der Waals surface area contributed by atoms with Gasteiger partial charge in [0.1, 0.15) is 29.1 Å². The first-order chi connectivity index (χ1) is 17.0. The van der Waals surface area contributed by atoms with Crippen molar-refractivity contribution < 1.29 is 13.9 Å². The highest BCUT2D eigenvalue weighted by molar-refractivity contribution is 6.00. The van der Waals surface area contributed by atoms with Crippen LogP contribution in [0.25, 0.3) is 5.65 Å². The van der Waals surface area contributed by atoms with Crippen molar-refractivity contribution in [1.29, 1.82) is 0 Å². The number of alkyl halides is 1. The summed E-state index contributed by atoms with van der Waals surface area (Å²) in [5.41, 5.74) is 0.802. The second-order valence-corrected chi connectivity index (χ2v) is 9.30. The first-order valence-electron chi connectivity index (χ1n) is 12.0. The monoisotopic (exact) mass is 483 g/mol. The lowest BCUT2D eigenvalue weighted by Crippen LogP contribution is -2.35. The molecule has 3 heterocycles. The standard InChI is InChI=1S/C24H30FN7O3/c1-26-21-11-20(29-19-4-3-7-31(24(19)34)16-9-15(25)10-16)30-22-18(13-28-32(21)22)23(33)27-12-14-5-6-17(8-14)35-2/h3-4,7,11,13-17,26H,5-6,8-10,12H2,1-2H3,(H,27,33)(H,29,30)/t14-,15-,16-,17-/m1/s1. The summed E-state index contributed by atoms with van der Waals surface area (Å²) in [7, 11) is 3.46. The number of fused-ring (bicyclic) bond motifs is 1. The normalized spacial score (nSPS) is 23.7. The van der Waals surface area contributed by atoms with E-state index in [0.717, 1.165) is 19.3 Å². The predicted molar refractivity (Wildman–Crippen MR) is 130 cm³/mol. The zero-order valence-corrected chi connectivity index (χ0v) is 19.8. The van der Waals surface area contributed by atoms with Gasteiger partial charge in [0.05, 0.1) is 12.3 Å². The molecule has 2 atom stereocenters. The average molecular weight is 484 g/mol. The van der Waals surface area contributed by atoms with Crippen LogP contribution in [0.1, 0.15) is 48.5 Å². The number of nitrogens with one attached hydrogen (secondary N) is 3. The first kappa shape index (κ1) is 23.3. The fourth-order valence-corrected chi connectivity index (χ4v) is 4.91. The second kappa shape index (κ2) is 9.65. The van der Waals surface area contributed by atoms with Crippen molar-refractivity contribution in [3.8, 4) is 0 Å². The molecule has 5 rings (SSSR count). The molecule has 3 aromatic rings. The van der Waals surface area contributed by atoms with Crippen LogP contribution in [0.4, 0.5) is 21.7 Å². The molecule has 35 heavy (non-hydrogen) atoms. The van der Waals surface area contributed by atoms with Crippen molar-refractivity contribution in [1.82, 2.24) is 24.5 Å². The van der Waals surface area contributed by atoms with E-state index in [-0.39, 0.29) is 23.6 Å². The number of rotatable bonds is 8. The van der Waals surface area contributed by atoms with Crippen LogP contribution in [-0.2, 0) is 4.74 Å². The summed E-state index contributed by atoms with van der Waals surface area (Å²) >= 11 is 0. The molecule has 0 radical (unpaired) electrons. The minimum Gasteiger partial charge on any atom is -0.381 e. The number of carbonyl (C=O) groups is 1. The molecule has 3 aromatic heterocycles. The van der Waals surface area contributed by atoms with Crippen LogP contribution in [-0.4, -0.2) is 58.1 Å². The Kier molecular flexibility index (Phi) is 6.42. The minimum absolute atomic E-state index is 0.133. The van der Waals surface area contributed by atoms with E-state index in [1.807, 2.05) is 0 Å². The average Bonchev–Trinajstić information content (AvgIpc) is 3.48. The van der Waals surface area contributed by atoms with E-state index < -0.39 is 6.17 Å². The molecule has 0 bridgehead atoms. The molecule has 0 aliphatic heterocycles. The summed E-state index contributed by atoms with van der Waals surface area (Å²) in [6, 6.07) is 4.99. The van der Waals surface area contributed by atoms with E-state index >= 15 is 0 Å². The number of anilines is 3. The van der Waals surface area contributed by atoms with Gasteiger partial charge in [-0.2, -0.15) is 9.61 Å². The molecule has 2 aliphatic carbocycles. The molecule has 0 aromatic carbocycles. The predicted octanol–water partition coefficient (Wildman–Crippen LogP) is 2.89. The van der Waals surface area contributed by atoms with Gasteiger partial charge in [0.15, 0.2) is 5.65 Å².